The molecule has 6 heteroatoms. The minimum Gasteiger partial charge on any atom is -0.406 e. The summed E-state index contributed by atoms with van der Waals surface area (Å²) in [6, 6.07) is 6.11. The summed E-state index contributed by atoms with van der Waals surface area (Å²) >= 11 is 0. The van der Waals surface area contributed by atoms with Crippen LogP contribution in [0.15, 0.2) is 24.3 Å². The Labute approximate surface area is 122 Å². The summed E-state index contributed by atoms with van der Waals surface area (Å²) in [7, 11) is 0. The lowest BCUT2D eigenvalue weighted by Gasteiger charge is -2.26. The third-order valence-corrected chi connectivity index (χ3v) is 3.45. The summed E-state index contributed by atoms with van der Waals surface area (Å²) in [4.78, 5) is 2.38. The molecule has 0 bridgehead atoms. The molecule has 0 aliphatic carbocycles. The minimum atomic E-state index is -4.63. The molecule has 1 saturated heterocycles. The van der Waals surface area contributed by atoms with Crippen LogP contribution >= 0.6 is 0 Å². The Hall–Kier alpha value is -1.27. The molecule has 0 atom stereocenters. The number of morpholine rings is 1. The zero-order valence-electron chi connectivity index (χ0n) is 11.9. The van der Waals surface area contributed by atoms with Gasteiger partial charge < -0.3 is 9.47 Å². The van der Waals surface area contributed by atoms with Crippen LogP contribution in [-0.2, 0) is 11.2 Å². The second-order valence-corrected chi connectivity index (χ2v) is 5.10. The molecule has 118 valence electrons. The monoisotopic (exact) mass is 303 g/mol. The maximum Gasteiger partial charge on any atom is 0.573 e. The summed E-state index contributed by atoms with van der Waals surface area (Å²) < 4.78 is 45.2. The predicted molar refractivity (Wildman–Crippen MR) is 73.3 cm³/mol. The van der Waals surface area contributed by atoms with Crippen molar-refractivity contribution in [1.82, 2.24) is 4.90 Å². The number of hydrogen-bond donors (Lipinski definition) is 0. The number of hydrogen-bond acceptors (Lipinski definition) is 3. The fourth-order valence-electron chi connectivity index (χ4n) is 2.35. The van der Waals surface area contributed by atoms with Crippen LogP contribution in [0, 0.1) is 0 Å². The Kier molecular flexibility index (Phi) is 5.87. The Morgan fingerprint density at radius 3 is 2.33 bits per heavy atom. The van der Waals surface area contributed by atoms with Crippen molar-refractivity contribution in [3.05, 3.63) is 29.8 Å². The van der Waals surface area contributed by atoms with E-state index in [0.29, 0.717) is 0 Å². The van der Waals surface area contributed by atoms with E-state index >= 15 is 0 Å². The molecule has 1 aromatic carbocycles. The average Bonchev–Trinajstić information content (AvgIpc) is 2.45. The SMILES string of the molecule is FC(F)(F)Oc1ccc(CCCCN2CCOCC2)cc1. The summed E-state index contributed by atoms with van der Waals surface area (Å²) in [5.41, 5.74) is 1.03. The highest BCUT2D eigenvalue weighted by Crippen LogP contribution is 2.23. The van der Waals surface area contributed by atoms with Crippen molar-refractivity contribution < 1.29 is 22.6 Å². The van der Waals surface area contributed by atoms with Crippen LogP contribution in [-0.4, -0.2) is 44.1 Å². The largest absolute Gasteiger partial charge is 0.573 e. The second-order valence-electron chi connectivity index (χ2n) is 5.10. The van der Waals surface area contributed by atoms with Crippen molar-refractivity contribution in [2.24, 2.45) is 0 Å². The zero-order valence-corrected chi connectivity index (χ0v) is 11.9. The van der Waals surface area contributed by atoms with E-state index in [2.05, 4.69) is 9.64 Å². The molecule has 3 nitrogen and oxygen atoms in total. The lowest BCUT2D eigenvalue weighted by atomic mass is 10.1. The van der Waals surface area contributed by atoms with Gasteiger partial charge in [0.05, 0.1) is 13.2 Å². The molecule has 1 aromatic rings. The Bertz CT molecular complexity index is 414. The van der Waals surface area contributed by atoms with Gasteiger partial charge in [0.15, 0.2) is 0 Å². The molecule has 1 aliphatic heterocycles. The number of nitrogens with zero attached hydrogens (tertiary/aromatic N) is 1. The van der Waals surface area contributed by atoms with Crippen molar-refractivity contribution in [2.45, 2.75) is 25.6 Å². The first-order chi connectivity index (χ1) is 10.0. The van der Waals surface area contributed by atoms with E-state index < -0.39 is 6.36 Å². The first-order valence-electron chi connectivity index (χ1n) is 7.18. The molecule has 21 heavy (non-hydrogen) atoms. The average molecular weight is 303 g/mol. The second kappa shape index (κ2) is 7.66. The normalized spacial score (nSPS) is 16.9. The Balaban J connectivity index is 1.66. The summed E-state index contributed by atoms with van der Waals surface area (Å²) in [6.45, 7) is 4.65. The van der Waals surface area contributed by atoms with Gasteiger partial charge in [0.2, 0.25) is 0 Å². The smallest absolute Gasteiger partial charge is 0.406 e. The van der Waals surface area contributed by atoms with E-state index in [9.17, 15) is 13.2 Å². The molecule has 0 aromatic heterocycles. The molecule has 2 rings (SSSR count). The first kappa shape index (κ1) is 16.1. The molecular weight excluding hydrogens is 283 g/mol. The number of benzene rings is 1. The molecule has 0 unspecified atom stereocenters. The fourth-order valence-corrected chi connectivity index (χ4v) is 2.35. The van der Waals surface area contributed by atoms with Crippen LogP contribution in [0.2, 0.25) is 0 Å². The highest BCUT2D eigenvalue weighted by atomic mass is 19.4. The van der Waals surface area contributed by atoms with Crippen molar-refractivity contribution in [2.75, 3.05) is 32.8 Å². The van der Waals surface area contributed by atoms with Crippen molar-refractivity contribution in [1.29, 1.82) is 0 Å². The minimum absolute atomic E-state index is 0.167. The van der Waals surface area contributed by atoms with Crippen LogP contribution in [0.5, 0.6) is 5.75 Å². The molecule has 0 N–H and O–H groups in total. The van der Waals surface area contributed by atoms with Gasteiger partial charge in [0.25, 0.3) is 0 Å². The molecule has 1 heterocycles. The number of halogens is 3. The van der Waals surface area contributed by atoms with Crippen LogP contribution in [0.1, 0.15) is 18.4 Å². The number of rotatable bonds is 6. The van der Waals surface area contributed by atoms with Crippen LogP contribution < -0.4 is 4.74 Å². The van der Waals surface area contributed by atoms with Crippen molar-refractivity contribution >= 4 is 0 Å². The van der Waals surface area contributed by atoms with Gasteiger partial charge in [-0.05, 0) is 43.5 Å². The van der Waals surface area contributed by atoms with E-state index in [4.69, 9.17) is 4.74 Å². The van der Waals surface area contributed by atoms with Gasteiger partial charge in [-0.25, -0.2) is 0 Å². The lowest BCUT2D eigenvalue weighted by Crippen LogP contribution is -2.36. The molecule has 1 aliphatic rings. The van der Waals surface area contributed by atoms with E-state index in [1.807, 2.05) is 0 Å². The standard InChI is InChI=1S/C15H20F3NO2/c16-15(17,18)21-14-6-4-13(5-7-14)3-1-2-8-19-9-11-20-12-10-19/h4-7H,1-3,8-12H2. The number of unbranched alkanes of at least 4 members (excludes halogenated alkanes) is 1. The van der Waals surface area contributed by atoms with Crippen molar-refractivity contribution in [3.8, 4) is 5.75 Å². The van der Waals surface area contributed by atoms with Crippen molar-refractivity contribution in [3.63, 3.8) is 0 Å². The van der Waals surface area contributed by atoms with Crippen LogP contribution in [0.4, 0.5) is 13.2 Å². The van der Waals surface area contributed by atoms with Gasteiger partial charge in [0, 0.05) is 13.1 Å². The van der Waals surface area contributed by atoms with Gasteiger partial charge in [-0.3, -0.25) is 4.90 Å². The molecular formula is C15H20F3NO2. The van der Waals surface area contributed by atoms with Gasteiger partial charge in [0.1, 0.15) is 5.75 Å². The zero-order chi connectivity index (χ0) is 15.1. The number of aryl methyl sites for hydroxylation is 1. The van der Waals surface area contributed by atoms with Gasteiger partial charge in [-0.1, -0.05) is 12.1 Å². The van der Waals surface area contributed by atoms with E-state index in [0.717, 1.165) is 57.7 Å². The summed E-state index contributed by atoms with van der Waals surface area (Å²) in [5, 5.41) is 0. The van der Waals surface area contributed by atoms with E-state index in [1.54, 1.807) is 12.1 Å². The summed E-state index contributed by atoms with van der Waals surface area (Å²) in [5.74, 6) is -0.167. The van der Waals surface area contributed by atoms with Crippen LogP contribution in [0.25, 0.3) is 0 Å². The van der Waals surface area contributed by atoms with E-state index in [-0.39, 0.29) is 5.75 Å². The van der Waals surface area contributed by atoms with Crippen LogP contribution in [0.3, 0.4) is 0 Å². The number of ether oxygens (including phenoxy) is 2. The molecule has 0 saturated carbocycles. The predicted octanol–water partition coefficient (Wildman–Crippen LogP) is 3.24. The van der Waals surface area contributed by atoms with E-state index in [1.165, 1.54) is 12.1 Å². The molecule has 0 amide bonds. The quantitative estimate of drug-likeness (QED) is 0.753. The van der Waals surface area contributed by atoms with Gasteiger partial charge in [-0.2, -0.15) is 0 Å². The third-order valence-electron chi connectivity index (χ3n) is 3.45. The van der Waals surface area contributed by atoms with Gasteiger partial charge >= 0.3 is 6.36 Å². The highest BCUT2D eigenvalue weighted by molar-refractivity contribution is 5.27. The van der Waals surface area contributed by atoms with Gasteiger partial charge in [-0.15, -0.1) is 13.2 Å². The topological polar surface area (TPSA) is 21.7 Å². The Morgan fingerprint density at radius 1 is 1.05 bits per heavy atom. The maximum absolute atomic E-state index is 12.0. The number of alkyl halides is 3. The highest BCUT2D eigenvalue weighted by Gasteiger charge is 2.30. The molecule has 0 radical (unpaired) electrons. The lowest BCUT2D eigenvalue weighted by molar-refractivity contribution is -0.274. The fraction of sp³-hybridized carbons (Fsp3) is 0.600. The third kappa shape index (κ3) is 6.35. The summed E-state index contributed by atoms with van der Waals surface area (Å²) in [6.07, 6.45) is -1.64. The molecule has 0 spiro atoms. The maximum atomic E-state index is 12.0. The Morgan fingerprint density at radius 2 is 1.71 bits per heavy atom. The first-order valence-corrected chi connectivity index (χ1v) is 7.18. The molecule has 1 fully saturated rings.